The summed E-state index contributed by atoms with van der Waals surface area (Å²) in [5, 5.41) is 3.62. The number of nitrogens with one attached hydrogen (secondary N) is 1. The first-order valence-corrected chi connectivity index (χ1v) is 6.83. The van der Waals surface area contributed by atoms with Crippen LogP contribution in [0.15, 0.2) is 54.6 Å². The second kappa shape index (κ2) is 4.96. The average Bonchev–Trinajstić information content (AvgIpc) is 2.46. The molecule has 0 aromatic heterocycles. The van der Waals surface area contributed by atoms with Crippen LogP contribution < -0.4 is 10.1 Å². The number of rotatable bonds is 2. The molecule has 2 aromatic carbocycles. The number of benzene rings is 2. The summed E-state index contributed by atoms with van der Waals surface area (Å²) in [7, 11) is 0. The van der Waals surface area contributed by atoms with Crippen LogP contribution in [-0.2, 0) is 0 Å². The van der Waals surface area contributed by atoms with Gasteiger partial charge in [-0.2, -0.15) is 0 Å². The Morgan fingerprint density at radius 1 is 0.947 bits per heavy atom. The highest BCUT2D eigenvalue weighted by molar-refractivity contribution is 5.59. The van der Waals surface area contributed by atoms with Crippen molar-refractivity contribution >= 4 is 5.69 Å². The van der Waals surface area contributed by atoms with Gasteiger partial charge < -0.3 is 10.1 Å². The summed E-state index contributed by atoms with van der Waals surface area (Å²) in [4.78, 5) is 0. The molecule has 2 atom stereocenters. The maximum atomic E-state index is 6.23. The summed E-state index contributed by atoms with van der Waals surface area (Å²) in [6, 6.07) is 18.9. The minimum Gasteiger partial charge on any atom is -0.481 e. The highest BCUT2D eigenvalue weighted by atomic mass is 16.5. The Balaban J connectivity index is 1.99. The third kappa shape index (κ3) is 2.30. The Morgan fingerprint density at radius 3 is 2.37 bits per heavy atom. The molecule has 0 bridgehead atoms. The molecule has 1 heterocycles. The maximum absolute atomic E-state index is 6.23. The topological polar surface area (TPSA) is 21.3 Å². The highest BCUT2D eigenvalue weighted by Crippen LogP contribution is 2.39. The molecule has 1 aliphatic rings. The second-order valence-corrected chi connectivity index (χ2v) is 5.36. The SMILES string of the molecule is CC(C)C1Nc2ccccc2OC1c1ccccc1. The lowest BCUT2D eigenvalue weighted by Crippen LogP contribution is -2.38. The van der Waals surface area contributed by atoms with Crippen molar-refractivity contribution in [3.05, 3.63) is 60.2 Å². The van der Waals surface area contributed by atoms with Crippen molar-refractivity contribution in [1.82, 2.24) is 0 Å². The summed E-state index contributed by atoms with van der Waals surface area (Å²) >= 11 is 0. The predicted molar refractivity (Wildman–Crippen MR) is 78.5 cm³/mol. The molecular formula is C17H19NO. The first-order chi connectivity index (χ1) is 9.25. The standard InChI is InChI=1S/C17H19NO/c1-12(2)16-17(13-8-4-3-5-9-13)19-15-11-7-6-10-14(15)18-16/h3-12,16-18H,1-2H3. The van der Waals surface area contributed by atoms with Crippen LogP contribution in [0, 0.1) is 5.92 Å². The molecule has 0 aliphatic carbocycles. The Bertz CT molecular complexity index is 550. The molecule has 0 spiro atoms. The van der Waals surface area contributed by atoms with Gasteiger partial charge in [0.15, 0.2) is 0 Å². The van der Waals surface area contributed by atoms with Crippen LogP contribution >= 0.6 is 0 Å². The Kier molecular flexibility index (Phi) is 3.16. The molecule has 1 N–H and O–H groups in total. The van der Waals surface area contributed by atoms with Gasteiger partial charge in [0, 0.05) is 0 Å². The number of fused-ring (bicyclic) bond motifs is 1. The van der Waals surface area contributed by atoms with Gasteiger partial charge in [-0.1, -0.05) is 56.3 Å². The van der Waals surface area contributed by atoms with Gasteiger partial charge >= 0.3 is 0 Å². The number of anilines is 1. The zero-order valence-electron chi connectivity index (χ0n) is 11.3. The van der Waals surface area contributed by atoms with E-state index in [0.29, 0.717) is 5.92 Å². The third-order valence-electron chi connectivity index (χ3n) is 3.64. The van der Waals surface area contributed by atoms with E-state index in [1.54, 1.807) is 0 Å². The average molecular weight is 253 g/mol. The summed E-state index contributed by atoms with van der Waals surface area (Å²) in [5.74, 6) is 1.44. The maximum Gasteiger partial charge on any atom is 0.144 e. The van der Waals surface area contributed by atoms with Crippen LogP contribution in [-0.4, -0.2) is 6.04 Å². The van der Waals surface area contributed by atoms with E-state index in [0.717, 1.165) is 11.4 Å². The third-order valence-corrected chi connectivity index (χ3v) is 3.64. The predicted octanol–water partition coefficient (Wildman–Crippen LogP) is 4.26. The van der Waals surface area contributed by atoms with Gasteiger partial charge in [-0.3, -0.25) is 0 Å². The van der Waals surface area contributed by atoms with Crippen LogP contribution in [0.2, 0.25) is 0 Å². The van der Waals surface area contributed by atoms with Gasteiger partial charge in [0.1, 0.15) is 11.9 Å². The van der Waals surface area contributed by atoms with Gasteiger partial charge in [-0.05, 0) is 23.6 Å². The number of hydrogen-bond acceptors (Lipinski definition) is 2. The quantitative estimate of drug-likeness (QED) is 0.863. The molecule has 2 nitrogen and oxygen atoms in total. The summed E-state index contributed by atoms with van der Waals surface area (Å²) in [5.41, 5.74) is 2.32. The van der Waals surface area contributed by atoms with E-state index in [1.165, 1.54) is 5.56 Å². The zero-order chi connectivity index (χ0) is 13.2. The first-order valence-electron chi connectivity index (χ1n) is 6.83. The molecule has 0 radical (unpaired) electrons. The molecule has 0 saturated carbocycles. The van der Waals surface area contributed by atoms with Crippen LogP contribution in [0.4, 0.5) is 5.69 Å². The molecule has 0 amide bonds. The monoisotopic (exact) mass is 253 g/mol. The fourth-order valence-corrected chi connectivity index (χ4v) is 2.59. The molecule has 19 heavy (non-hydrogen) atoms. The Labute approximate surface area is 114 Å². The minimum absolute atomic E-state index is 0.0658. The van der Waals surface area contributed by atoms with Gasteiger partial charge in [0.05, 0.1) is 11.7 Å². The van der Waals surface area contributed by atoms with Crippen molar-refractivity contribution in [1.29, 1.82) is 0 Å². The second-order valence-electron chi connectivity index (χ2n) is 5.36. The fourth-order valence-electron chi connectivity index (χ4n) is 2.59. The van der Waals surface area contributed by atoms with Gasteiger partial charge in [0.2, 0.25) is 0 Å². The molecule has 2 aromatic rings. The molecular weight excluding hydrogens is 234 g/mol. The molecule has 2 heteroatoms. The largest absolute Gasteiger partial charge is 0.481 e. The van der Waals surface area contributed by atoms with E-state index < -0.39 is 0 Å². The molecule has 2 unspecified atom stereocenters. The van der Waals surface area contributed by atoms with Gasteiger partial charge in [-0.15, -0.1) is 0 Å². The highest BCUT2D eigenvalue weighted by Gasteiger charge is 2.32. The van der Waals surface area contributed by atoms with Crippen LogP contribution in [0.25, 0.3) is 0 Å². The van der Waals surface area contributed by atoms with E-state index in [1.807, 2.05) is 24.3 Å². The van der Waals surface area contributed by atoms with E-state index in [2.05, 4.69) is 49.5 Å². The molecule has 98 valence electrons. The van der Waals surface area contributed by atoms with Crippen molar-refractivity contribution in [2.75, 3.05) is 5.32 Å². The van der Waals surface area contributed by atoms with Crippen LogP contribution in [0.3, 0.4) is 0 Å². The lowest BCUT2D eigenvalue weighted by molar-refractivity contribution is 0.149. The number of ether oxygens (including phenoxy) is 1. The summed E-state index contributed by atoms with van der Waals surface area (Å²) in [6.07, 6.45) is 0.0658. The zero-order valence-corrected chi connectivity index (χ0v) is 11.3. The van der Waals surface area contributed by atoms with Gasteiger partial charge in [-0.25, -0.2) is 0 Å². The molecule has 3 rings (SSSR count). The van der Waals surface area contributed by atoms with Crippen molar-refractivity contribution < 1.29 is 4.74 Å². The minimum atomic E-state index is 0.0658. The van der Waals surface area contributed by atoms with Crippen molar-refractivity contribution in [3.8, 4) is 5.75 Å². The van der Waals surface area contributed by atoms with Gasteiger partial charge in [0.25, 0.3) is 0 Å². The molecule has 1 aliphatic heterocycles. The number of para-hydroxylation sites is 2. The summed E-state index contributed by atoms with van der Waals surface area (Å²) in [6.45, 7) is 4.45. The molecule has 0 fully saturated rings. The van der Waals surface area contributed by atoms with Crippen molar-refractivity contribution in [2.24, 2.45) is 5.92 Å². The molecule has 0 saturated heterocycles. The normalized spacial score (nSPS) is 21.4. The fraction of sp³-hybridized carbons (Fsp3) is 0.294. The van der Waals surface area contributed by atoms with E-state index in [4.69, 9.17) is 4.74 Å². The van der Waals surface area contributed by atoms with Crippen LogP contribution in [0.5, 0.6) is 5.75 Å². The lowest BCUT2D eigenvalue weighted by atomic mass is 9.91. The Morgan fingerprint density at radius 2 is 1.63 bits per heavy atom. The number of hydrogen-bond donors (Lipinski definition) is 1. The lowest BCUT2D eigenvalue weighted by Gasteiger charge is -2.37. The van der Waals surface area contributed by atoms with E-state index >= 15 is 0 Å². The van der Waals surface area contributed by atoms with Crippen molar-refractivity contribution in [3.63, 3.8) is 0 Å². The Hall–Kier alpha value is -1.96. The first kappa shape index (κ1) is 12.1. The van der Waals surface area contributed by atoms with E-state index in [9.17, 15) is 0 Å². The summed E-state index contributed by atoms with van der Waals surface area (Å²) < 4.78 is 6.23. The van der Waals surface area contributed by atoms with E-state index in [-0.39, 0.29) is 12.1 Å². The van der Waals surface area contributed by atoms with Crippen molar-refractivity contribution in [2.45, 2.75) is 26.0 Å². The van der Waals surface area contributed by atoms with Crippen LogP contribution in [0.1, 0.15) is 25.5 Å². The smallest absolute Gasteiger partial charge is 0.144 e.